The van der Waals surface area contributed by atoms with Crippen molar-refractivity contribution in [2.45, 2.75) is 16.9 Å². The summed E-state index contributed by atoms with van der Waals surface area (Å²) in [6.45, 7) is -0.136. The smallest absolute Gasteiger partial charge is 0.502 e. The topological polar surface area (TPSA) is 98.1 Å². The third-order valence-corrected chi connectivity index (χ3v) is 5.47. The van der Waals surface area contributed by atoms with E-state index in [0.717, 1.165) is 6.08 Å². The third kappa shape index (κ3) is 2.81. The minimum atomic E-state index is -5.82. The van der Waals surface area contributed by atoms with E-state index in [0.29, 0.717) is 11.8 Å². The number of phenols is 3. The van der Waals surface area contributed by atoms with Crippen LogP contribution in [0.5, 0.6) is 17.2 Å². The molecule has 0 radical (unpaired) electrons. The van der Waals surface area contributed by atoms with Crippen LogP contribution < -0.4 is 4.90 Å². The van der Waals surface area contributed by atoms with Crippen molar-refractivity contribution in [1.82, 2.24) is 0 Å². The molecule has 0 saturated carbocycles. The Morgan fingerprint density at radius 3 is 2.19 bits per heavy atom. The van der Waals surface area contributed by atoms with Gasteiger partial charge in [0.2, 0.25) is 0 Å². The van der Waals surface area contributed by atoms with E-state index in [1.807, 2.05) is 0 Å². The Hall–Kier alpha value is -2.88. The quantitative estimate of drug-likeness (QED) is 0.733. The number of nitrogens with zero attached hydrogens (tertiary/aromatic N) is 1. The first kappa shape index (κ1) is 17.9. The maximum atomic E-state index is 12.9. The lowest BCUT2D eigenvalue weighted by Gasteiger charge is -2.27. The lowest BCUT2D eigenvalue weighted by molar-refractivity contribution is -0.0437. The van der Waals surface area contributed by atoms with E-state index in [9.17, 15) is 36.9 Å². The van der Waals surface area contributed by atoms with Gasteiger partial charge in [-0.25, -0.2) is 8.42 Å². The lowest BCUT2D eigenvalue weighted by atomic mass is 10.0. The minimum absolute atomic E-state index is 0.0152. The Kier molecular flexibility index (Phi) is 4.02. The SMILES string of the molecule is O=S(=O)(c1c(O)cc(O)c2c1C=CN(c1ccc(O)cc1)C2)C(F)(F)F. The van der Waals surface area contributed by atoms with Gasteiger partial charge in [-0.2, -0.15) is 13.2 Å². The Morgan fingerprint density at radius 1 is 1.00 bits per heavy atom. The summed E-state index contributed by atoms with van der Waals surface area (Å²) in [5, 5.41) is 29.1. The van der Waals surface area contributed by atoms with Crippen molar-refractivity contribution in [3.8, 4) is 17.2 Å². The Morgan fingerprint density at radius 2 is 1.62 bits per heavy atom. The van der Waals surface area contributed by atoms with Gasteiger partial charge in [-0.15, -0.1) is 0 Å². The number of phenolic OH excluding ortho intramolecular Hbond substituents is 3. The summed E-state index contributed by atoms with van der Waals surface area (Å²) in [5.74, 6) is -1.70. The standard InChI is InChI=1S/C16H12F3NO5S/c17-16(18,19)26(24,25)15-11-5-6-20(9-1-3-10(21)4-2-9)8-12(11)13(22)7-14(15)23/h1-7,21-23H,8H2. The van der Waals surface area contributed by atoms with Crippen molar-refractivity contribution in [1.29, 1.82) is 0 Å². The van der Waals surface area contributed by atoms with Gasteiger partial charge in [-0.05, 0) is 30.3 Å². The van der Waals surface area contributed by atoms with Crippen molar-refractivity contribution in [2.24, 2.45) is 0 Å². The Balaban J connectivity index is 2.15. The van der Waals surface area contributed by atoms with E-state index in [-0.39, 0.29) is 17.9 Å². The number of halogens is 3. The van der Waals surface area contributed by atoms with Crippen LogP contribution in [0, 0.1) is 0 Å². The zero-order valence-corrected chi connectivity index (χ0v) is 13.7. The molecule has 6 nitrogen and oxygen atoms in total. The largest absolute Gasteiger partial charge is 0.508 e. The molecule has 0 unspecified atom stereocenters. The molecule has 3 rings (SSSR count). The number of hydrogen-bond donors (Lipinski definition) is 3. The molecule has 0 bridgehead atoms. The van der Waals surface area contributed by atoms with Crippen LogP contribution in [0.15, 0.2) is 41.4 Å². The van der Waals surface area contributed by atoms with Crippen molar-refractivity contribution in [3.63, 3.8) is 0 Å². The summed E-state index contributed by atoms with van der Waals surface area (Å²) < 4.78 is 62.4. The molecule has 1 aliphatic rings. The highest BCUT2D eigenvalue weighted by Gasteiger charge is 2.50. The van der Waals surface area contributed by atoms with Gasteiger partial charge >= 0.3 is 5.51 Å². The van der Waals surface area contributed by atoms with Gasteiger partial charge in [0, 0.05) is 29.1 Å². The predicted octanol–water partition coefficient (Wildman–Crippen LogP) is 3.09. The fourth-order valence-electron chi connectivity index (χ4n) is 2.64. The number of fused-ring (bicyclic) bond motifs is 1. The molecule has 3 N–H and O–H groups in total. The fourth-order valence-corrected chi connectivity index (χ4v) is 3.69. The molecular weight excluding hydrogens is 375 g/mol. The molecule has 2 aromatic rings. The lowest BCUT2D eigenvalue weighted by Crippen LogP contribution is -2.26. The zero-order chi connectivity index (χ0) is 19.3. The number of rotatable bonds is 2. The van der Waals surface area contributed by atoms with Crippen molar-refractivity contribution in [3.05, 3.63) is 47.7 Å². The van der Waals surface area contributed by atoms with E-state index in [1.165, 1.54) is 35.4 Å². The normalized spacial score (nSPS) is 14.3. The average Bonchev–Trinajstić information content (AvgIpc) is 2.54. The third-order valence-electron chi connectivity index (χ3n) is 3.89. The molecule has 26 heavy (non-hydrogen) atoms. The van der Waals surface area contributed by atoms with Crippen LogP contribution in [-0.2, 0) is 16.4 Å². The molecular formula is C16H12F3NO5S. The van der Waals surface area contributed by atoms with Crippen LogP contribution in [0.3, 0.4) is 0 Å². The number of alkyl halides is 3. The van der Waals surface area contributed by atoms with Crippen molar-refractivity contribution >= 4 is 21.6 Å². The van der Waals surface area contributed by atoms with E-state index < -0.39 is 37.3 Å². The van der Waals surface area contributed by atoms with Gasteiger partial charge in [0.05, 0.1) is 6.54 Å². The first-order valence-corrected chi connectivity index (χ1v) is 8.63. The van der Waals surface area contributed by atoms with Crippen molar-refractivity contribution in [2.75, 3.05) is 4.90 Å². The average molecular weight is 387 g/mol. The molecule has 1 aliphatic heterocycles. The van der Waals surface area contributed by atoms with Gasteiger partial charge in [0.15, 0.2) is 0 Å². The summed E-state index contributed by atoms with van der Waals surface area (Å²) in [6.07, 6.45) is 2.40. The van der Waals surface area contributed by atoms with Gasteiger partial charge < -0.3 is 20.2 Å². The van der Waals surface area contributed by atoms with Crippen LogP contribution in [0.1, 0.15) is 11.1 Å². The molecule has 1 heterocycles. The number of hydrogen-bond acceptors (Lipinski definition) is 6. The molecule has 0 atom stereocenters. The van der Waals surface area contributed by atoms with Gasteiger partial charge in [0.25, 0.3) is 9.84 Å². The number of sulfone groups is 1. The molecule has 0 spiro atoms. The first-order chi connectivity index (χ1) is 12.0. The predicted molar refractivity (Wildman–Crippen MR) is 86.3 cm³/mol. The molecule has 138 valence electrons. The number of benzene rings is 2. The van der Waals surface area contributed by atoms with E-state index in [1.54, 1.807) is 0 Å². The van der Waals surface area contributed by atoms with Crippen LogP contribution in [0.4, 0.5) is 18.9 Å². The molecule has 10 heteroatoms. The highest BCUT2D eigenvalue weighted by Crippen LogP contribution is 2.44. The summed E-state index contributed by atoms with van der Waals surface area (Å²) >= 11 is 0. The van der Waals surface area contributed by atoms with E-state index >= 15 is 0 Å². The molecule has 0 amide bonds. The second-order valence-electron chi connectivity index (χ2n) is 5.55. The molecule has 0 aromatic heterocycles. The summed E-state index contributed by atoms with van der Waals surface area (Å²) in [4.78, 5) is 0.238. The molecule has 0 saturated heterocycles. The Labute approximate surface area is 146 Å². The molecule has 0 fully saturated rings. The monoisotopic (exact) mass is 387 g/mol. The minimum Gasteiger partial charge on any atom is -0.508 e. The number of anilines is 1. The maximum Gasteiger partial charge on any atom is 0.502 e. The second kappa shape index (κ2) is 5.84. The van der Waals surface area contributed by atoms with Crippen LogP contribution >= 0.6 is 0 Å². The Bertz CT molecular complexity index is 998. The van der Waals surface area contributed by atoms with Crippen molar-refractivity contribution < 1.29 is 36.9 Å². The van der Waals surface area contributed by atoms with Crippen LogP contribution in [-0.4, -0.2) is 29.2 Å². The molecule has 2 aromatic carbocycles. The first-order valence-electron chi connectivity index (χ1n) is 7.15. The summed E-state index contributed by atoms with van der Waals surface area (Å²) in [6, 6.07) is 6.44. The van der Waals surface area contributed by atoms with Gasteiger partial charge in [0.1, 0.15) is 22.1 Å². The van der Waals surface area contributed by atoms with E-state index in [2.05, 4.69) is 0 Å². The van der Waals surface area contributed by atoms with Gasteiger partial charge in [-0.3, -0.25) is 0 Å². The van der Waals surface area contributed by atoms with E-state index in [4.69, 9.17) is 0 Å². The zero-order valence-electron chi connectivity index (χ0n) is 12.9. The molecule has 0 aliphatic carbocycles. The van der Waals surface area contributed by atoms with Gasteiger partial charge in [-0.1, -0.05) is 0 Å². The highest BCUT2D eigenvalue weighted by molar-refractivity contribution is 7.92. The summed E-state index contributed by atoms with van der Waals surface area (Å²) in [7, 11) is -5.82. The summed E-state index contributed by atoms with van der Waals surface area (Å²) in [5.41, 5.74) is -5.55. The second-order valence-corrected chi connectivity index (χ2v) is 7.42. The van der Waals surface area contributed by atoms with Crippen LogP contribution in [0.2, 0.25) is 0 Å². The highest BCUT2D eigenvalue weighted by atomic mass is 32.2. The van der Waals surface area contributed by atoms with Crippen LogP contribution in [0.25, 0.3) is 6.08 Å². The fraction of sp³-hybridized carbons (Fsp3) is 0.125. The maximum absolute atomic E-state index is 12.9. The number of aromatic hydroxyl groups is 3.